The molecule has 0 bridgehead atoms. The van der Waals surface area contributed by atoms with Crippen molar-refractivity contribution >= 4 is 17.5 Å². The van der Waals surface area contributed by atoms with Gasteiger partial charge in [0, 0.05) is 5.56 Å². The normalized spacial score (nSPS) is 10.7. The number of hydrogen-bond donors (Lipinski definition) is 0. The van der Waals surface area contributed by atoms with Gasteiger partial charge in [0.2, 0.25) is 5.16 Å². The molecule has 0 spiro atoms. The van der Waals surface area contributed by atoms with Crippen molar-refractivity contribution in [3.8, 4) is 5.69 Å². The first-order valence-electron chi connectivity index (χ1n) is 6.90. The van der Waals surface area contributed by atoms with Crippen LogP contribution in [-0.4, -0.2) is 31.7 Å². The van der Waals surface area contributed by atoms with Crippen molar-refractivity contribution in [1.82, 2.24) is 20.2 Å². The van der Waals surface area contributed by atoms with Crippen molar-refractivity contribution in [3.63, 3.8) is 0 Å². The fourth-order valence-corrected chi connectivity index (χ4v) is 2.75. The predicted molar refractivity (Wildman–Crippen MR) is 85.3 cm³/mol. The number of carbonyl (C=O) groups is 1. The van der Waals surface area contributed by atoms with Gasteiger partial charge in [0.1, 0.15) is 5.82 Å². The smallest absolute Gasteiger partial charge is 0.214 e. The van der Waals surface area contributed by atoms with Gasteiger partial charge in [0.05, 0.1) is 11.4 Å². The highest BCUT2D eigenvalue weighted by Gasteiger charge is 2.12. The number of halogens is 1. The van der Waals surface area contributed by atoms with Crippen LogP contribution < -0.4 is 0 Å². The quantitative estimate of drug-likeness (QED) is 0.532. The summed E-state index contributed by atoms with van der Waals surface area (Å²) in [6.45, 7) is 2.00. The highest BCUT2D eigenvalue weighted by atomic mass is 32.2. The molecule has 116 valence electrons. The minimum Gasteiger partial charge on any atom is -0.293 e. The van der Waals surface area contributed by atoms with E-state index in [1.807, 2.05) is 31.2 Å². The summed E-state index contributed by atoms with van der Waals surface area (Å²) in [5.74, 6) is -0.288. The van der Waals surface area contributed by atoms with Crippen molar-refractivity contribution in [2.75, 3.05) is 5.75 Å². The molecular weight excluding hydrogens is 315 g/mol. The molecule has 0 fully saturated rings. The second-order valence-electron chi connectivity index (χ2n) is 4.93. The lowest BCUT2D eigenvalue weighted by Gasteiger charge is -2.04. The van der Waals surface area contributed by atoms with Crippen LogP contribution in [0.4, 0.5) is 4.39 Å². The summed E-state index contributed by atoms with van der Waals surface area (Å²) in [5.41, 5.74) is 2.44. The summed E-state index contributed by atoms with van der Waals surface area (Å²) in [6.07, 6.45) is 0. The largest absolute Gasteiger partial charge is 0.293 e. The third-order valence-electron chi connectivity index (χ3n) is 3.22. The number of rotatable bonds is 5. The third kappa shape index (κ3) is 3.62. The van der Waals surface area contributed by atoms with Gasteiger partial charge >= 0.3 is 0 Å². The lowest BCUT2D eigenvalue weighted by atomic mass is 10.1. The van der Waals surface area contributed by atoms with E-state index in [-0.39, 0.29) is 17.4 Å². The summed E-state index contributed by atoms with van der Waals surface area (Å²) in [6, 6.07) is 13.3. The summed E-state index contributed by atoms with van der Waals surface area (Å²) < 4.78 is 14.5. The zero-order valence-corrected chi connectivity index (χ0v) is 13.1. The number of aryl methyl sites for hydroxylation is 1. The van der Waals surface area contributed by atoms with Crippen molar-refractivity contribution in [2.24, 2.45) is 0 Å². The van der Waals surface area contributed by atoms with Crippen molar-refractivity contribution in [1.29, 1.82) is 0 Å². The Labute approximate surface area is 136 Å². The fraction of sp³-hybridized carbons (Fsp3) is 0.125. The van der Waals surface area contributed by atoms with Gasteiger partial charge in [-0.15, -0.1) is 5.10 Å². The van der Waals surface area contributed by atoms with E-state index in [1.165, 1.54) is 36.0 Å². The molecule has 0 aliphatic rings. The maximum absolute atomic E-state index is 12.9. The summed E-state index contributed by atoms with van der Waals surface area (Å²) in [5, 5.41) is 12.1. The van der Waals surface area contributed by atoms with Crippen LogP contribution in [0, 0.1) is 12.7 Å². The number of thioether (sulfide) groups is 1. The highest BCUT2D eigenvalue weighted by Crippen LogP contribution is 2.19. The Hall–Kier alpha value is -2.54. The van der Waals surface area contributed by atoms with Crippen LogP contribution >= 0.6 is 11.8 Å². The van der Waals surface area contributed by atoms with Gasteiger partial charge in [-0.2, -0.15) is 4.68 Å². The average Bonchev–Trinajstić information content (AvgIpc) is 3.02. The van der Waals surface area contributed by atoms with Crippen LogP contribution in [0.15, 0.2) is 53.7 Å². The van der Waals surface area contributed by atoms with Crippen LogP contribution in [-0.2, 0) is 0 Å². The minimum absolute atomic E-state index is 0.103. The molecule has 0 radical (unpaired) electrons. The Kier molecular flexibility index (Phi) is 4.47. The topological polar surface area (TPSA) is 60.7 Å². The molecule has 0 aliphatic heterocycles. The lowest BCUT2D eigenvalue weighted by molar-refractivity contribution is 0.102. The molecule has 0 amide bonds. The molecule has 7 heteroatoms. The average molecular weight is 328 g/mol. The number of nitrogens with zero attached hydrogens (tertiary/aromatic N) is 4. The number of ketones is 1. The van der Waals surface area contributed by atoms with Gasteiger partial charge in [-0.1, -0.05) is 29.5 Å². The first kappa shape index (κ1) is 15.4. The van der Waals surface area contributed by atoms with E-state index in [2.05, 4.69) is 15.5 Å². The summed E-state index contributed by atoms with van der Waals surface area (Å²) >= 11 is 1.24. The number of aromatic nitrogens is 4. The third-order valence-corrected chi connectivity index (χ3v) is 4.14. The van der Waals surface area contributed by atoms with Crippen molar-refractivity contribution in [3.05, 3.63) is 65.5 Å². The van der Waals surface area contributed by atoms with E-state index in [4.69, 9.17) is 0 Å². The van der Waals surface area contributed by atoms with Crippen LogP contribution in [0.5, 0.6) is 0 Å². The predicted octanol–water partition coefficient (Wildman–Crippen LogP) is 3.08. The first-order valence-corrected chi connectivity index (χ1v) is 7.89. The second-order valence-corrected chi connectivity index (χ2v) is 5.87. The van der Waals surface area contributed by atoms with Gasteiger partial charge in [-0.25, -0.2) is 4.39 Å². The van der Waals surface area contributed by atoms with Crippen molar-refractivity contribution < 1.29 is 9.18 Å². The van der Waals surface area contributed by atoms with Crippen molar-refractivity contribution in [2.45, 2.75) is 12.1 Å². The molecular formula is C16H13FN4OS. The van der Waals surface area contributed by atoms with Gasteiger partial charge in [-0.05, 0) is 53.7 Å². The molecule has 0 aliphatic carbocycles. The maximum atomic E-state index is 12.9. The Morgan fingerprint density at radius 2 is 1.83 bits per heavy atom. The number of hydrogen-bond acceptors (Lipinski definition) is 5. The van der Waals surface area contributed by atoms with E-state index in [0.29, 0.717) is 10.7 Å². The zero-order chi connectivity index (χ0) is 16.2. The Balaban J connectivity index is 1.72. The maximum Gasteiger partial charge on any atom is 0.214 e. The van der Waals surface area contributed by atoms with Gasteiger partial charge in [-0.3, -0.25) is 4.79 Å². The molecule has 3 aromatic rings. The summed E-state index contributed by atoms with van der Waals surface area (Å²) in [7, 11) is 0. The number of Topliss-reactive ketones (excluding diaryl/α,β-unsaturated/α-hetero) is 1. The lowest BCUT2D eigenvalue weighted by Crippen LogP contribution is -2.05. The van der Waals surface area contributed by atoms with Crippen LogP contribution in [0.3, 0.4) is 0 Å². The Morgan fingerprint density at radius 1 is 1.13 bits per heavy atom. The van der Waals surface area contributed by atoms with E-state index in [0.717, 1.165) is 11.3 Å². The Bertz CT molecular complexity index is 815. The molecule has 0 N–H and O–H groups in total. The van der Waals surface area contributed by atoms with Crippen LogP contribution in [0.1, 0.15) is 15.9 Å². The molecule has 2 aromatic carbocycles. The van der Waals surface area contributed by atoms with Crippen LogP contribution in [0.2, 0.25) is 0 Å². The second kappa shape index (κ2) is 6.70. The molecule has 0 unspecified atom stereocenters. The molecule has 0 saturated carbocycles. The van der Waals surface area contributed by atoms with E-state index in [1.54, 1.807) is 4.68 Å². The SMILES string of the molecule is Cc1ccc(-n2nnnc2SCC(=O)c2ccc(F)cc2)cc1. The standard InChI is InChI=1S/C16H13FN4OS/c1-11-2-8-14(9-3-11)21-16(18-19-20-21)23-10-15(22)12-4-6-13(17)7-5-12/h2-9H,10H2,1H3. The fourth-order valence-electron chi connectivity index (χ4n) is 1.97. The summed E-state index contributed by atoms with van der Waals surface area (Å²) in [4.78, 5) is 12.1. The van der Waals surface area contributed by atoms with Crippen LogP contribution in [0.25, 0.3) is 5.69 Å². The molecule has 3 rings (SSSR count). The minimum atomic E-state index is -0.363. The van der Waals surface area contributed by atoms with E-state index >= 15 is 0 Å². The molecule has 1 heterocycles. The number of carbonyl (C=O) groups excluding carboxylic acids is 1. The zero-order valence-electron chi connectivity index (χ0n) is 12.3. The molecule has 0 saturated heterocycles. The molecule has 0 atom stereocenters. The Morgan fingerprint density at radius 3 is 2.52 bits per heavy atom. The molecule has 1 aromatic heterocycles. The van der Waals surface area contributed by atoms with Gasteiger partial charge in [0.25, 0.3) is 0 Å². The highest BCUT2D eigenvalue weighted by molar-refractivity contribution is 7.99. The van der Waals surface area contributed by atoms with E-state index in [9.17, 15) is 9.18 Å². The molecule has 5 nitrogen and oxygen atoms in total. The molecule has 23 heavy (non-hydrogen) atoms. The first-order chi connectivity index (χ1) is 11.1. The van der Waals surface area contributed by atoms with E-state index < -0.39 is 0 Å². The van der Waals surface area contributed by atoms with Gasteiger partial charge in [0.15, 0.2) is 5.78 Å². The number of benzene rings is 2. The number of tetrazole rings is 1. The van der Waals surface area contributed by atoms with Gasteiger partial charge < -0.3 is 0 Å². The monoisotopic (exact) mass is 328 g/mol.